The zero-order valence-electron chi connectivity index (χ0n) is 19.6. The van der Waals surface area contributed by atoms with Crippen molar-refractivity contribution in [3.8, 4) is 0 Å². The number of carbonyl (C=O) groups is 2. The lowest BCUT2D eigenvalue weighted by atomic mass is 9.86. The summed E-state index contributed by atoms with van der Waals surface area (Å²) in [5, 5.41) is 5.77. The predicted octanol–water partition coefficient (Wildman–Crippen LogP) is 5.00. The first-order valence-corrected chi connectivity index (χ1v) is 11.9. The largest absolute Gasteiger partial charge is 0.416 e. The molecule has 5 nitrogen and oxygen atoms in total. The number of alkyl halides is 6. The van der Waals surface area contributed by atoms with Crippen LogP contribution in [0.3, 0.4) is 0 Å². The number of nitrogens with zero attached hydrogens (tertiary/aromatic N) is 1. The SMILES string of the molecule is CN(C(=O)CNCC1CCC(NC(=O)c2cc(C(F)(F)F)cc(C(F)(F)F)c2)CC1)C1CCCC1. The maximum Gasteiger partial charge on any atom is 0.416 e. The van der Waals surface area contributed by atoms with Crippen LogP contribution in [0.15, 0.2) is 18.2 Å². The molecule has 2 fully saturated rings. The molecule has 1 aromatic carbocycles. The monoisotopic (exact) mass is 507 g/mol. The van der Waals surface area contributed by atoms with E-state index in [9.17, 15) is 35.9 Å². The van der Waals surface area contributed by atoms with Crippen molar-refractivity contribution in [2.75, 3.05) is 20.1 Å². The molecule has 1 aromatic rings. The summed E-state index contributed by atoms with van der Waals surface area (Å²) < 4.78 is 78.3. The summed E-state index contributed by atoms with van der Waals surface area (Å²) in [6.45, 7) is 0.883. The van der Waals surface area contributed by atoms with E-state index in [4.69, 9.17) is 0 Å². The van der Waals surface area contributed by atoms with Crippen LogP contribution in [0.5, 0.6) is 0 Å². The molecule has 0 saturated heterocycles. The fourth-order valence-corrected chi connectivity index (χ4v) is 4.87. The number of amides is 2. The molecule has 2 saturated carbocycles. The Morgan fingerprint density at radius 1 is 0.886 bits per heavy atom. The summed E-state index contributed by atoms with van der Waals surface area (Å²) in [7, 11) is 1.83. The highest BCUT2D eigenvalue weighted by Crippen LogP contribution is 2.36. The van der Waals surface area contributed by atoms with Gasteiger partial charge in [0.15, 0.2) is 0 Å². The Kier molecular flexibility index (Phi) is 8.72. The maximum absolute atomic E-state index is 13.0. The van der Waals surface area contributed by atoms with Crippen LogP contribution in [-0.2, 0) is 17.1 Å². The lowest BCUT2D eigenvalue weighted by Crippen LogP contribution is -2.43. The number of halogens is 6. The lowest BCUT2D eigenvalue weighted by molar-refractivity contribution is -0.143. The van der Waals surface area contributed by atoms with Gasteiger partial charge in [-0.2, -0.15) is 26.3 Å². The molecular formula is C24H31F6N3O2. The van der Waals surface area contributed by atoms with Crippen molar-refractivity contribution in [2.45, 2.75) is 75.8 Å². The predicted molar refractivity (Wildman–Crippen MR) is 118 cm³/mol. The van der Waals surface area contributed by atoms with Gasteiger partial charge in [-0.15, -0.1) is 0 Å². The minimum atomic E-state index is -5.01. The fraction of sp³-hybridized carbons (Fsp3) is 0.667. The zero-order chi connectivity index (χ0) is 25.8. The summed E-state index contributed by atoms with van der Waals surface area (Å²) in [5.41, 5.74) is -3.69. The number of likely N-dealkylation sites (N-methyl/N-ethyl adjacent to an activating group) is 1. The van der Waals surface area contributed by atoms with Crippen molar-refractivity contribution < 1.29 is 35.9 Å². The van der Waals surface area contributed by atoms with Gasteiger partial charge in [-0.1, -0.05) is 12.8 Å². The Balaban J connectivity index is 1.47. The first kappa shape index (κ1) is 27.3. The van der Waals surface area contributed by atoms with Crippen molar-refractivity contribution in [3.63, 3.8) is 0 Å². The molecule has 0 heterocycles. The highest BCUT2D eigenvalue weighted by molar-refractivity contribution is 5.94. The summed E-state index contributed by atoms with van der Waals surface area (Å²) in [4.78, 5) is 26.6. The fourth-order valence-electron chi connectivity index (χ4n) is 4.87. The van der Waals surface area contributed by atoms with Gasteiger partial charge < -0.3 is 15.5 Å². The molecule has 0 spiro atoms. The van der Waals surface area contributed by atoms with Gasteiger partial charge in [0.2, 0.25) is 5.91 Å². The zero-order valence-corrected chi connectivity index (χ0v) is 19.6. The van der Waals surface area contributed by atoms with Gasteiger partial charge in [0.1, 0.15) is 0 Å². The molecule has 0 bridgehead atoms. The number of nitrogens with one attached hydrogen (secondary N) is 2. The molecular weight excluding hydrogens is 476 g/mol. The third-order valence-corrected chi connectivity index (χ3v) is 7.01. The van der Waals surface area contributed by atoms with Crippen molar-refractivity contribution in [1.82, 2.24) is 15.5 Å². The molecule has 2 amide bonds. The molecule has 3 rings (SSSR count). The van der Waals surface area contributed by atoms with Crippen LogP contribution in [0.2, 0.25) is 0 Å². The topological polar surface area (TPSA) is 61.4 Å². The van der Waals surface area contributed by atoms with Gasteiger partial charge in [-0.25, -0.2) is 0 Å². The number of hydrogen-bond donors (Lipinski definition) is 2. The van der Waals surface area contributed by atoms with E-state index >= 15 is 0 Å². The van der Waals surface area contributed by atoms with Crippen LogP contribution in [-0.4, -0.2) is 48.9 Å². The molecule has 0 unspecified atom stereocenters. The Morgan fingerprint density at radius 3 is 1.94 bits per heavy atom. The highest BCUT2D eigenvalue weighted by atomic mass is 19.4. The second-order valence-corrected chi connectivity index (χ2v) is 9.56. The highest BCUT2D eigenvalue weighted by Gasteiger charge is 2.37. The average Bonchev–Trinajstić information content (AvgIpc) is 3.33. The van der Waals surface area contributed by atoms with Crippen molar-refractivity contribution >= 4 is 11.8 Å². The normalized spacial score (nSPS) is 21.7. The van der Waals surface area contributed by atoms with E-state index in [2.05, 4.69) is 10.6 Å². The first-order chi connectivity index (χ1) is 16.3. The van der Waals surface area contributed by atoms with E-state index in [-0.39, 0.29) is 30.5 Å². The van der Waals surface area contributed by atoms with Gasteiger partial charge in [0, 0.05) is 24.7 Å². The maximum atomic E-state index is 13.0. The van der Waals surface area contributed by atoms with Crippen LogP contribution >= 0.6 is 0 Å². The Morgan fingerprint density at radius 2 is 1.43 bits per heavy atom. The Labute approximate surface area is 200 Å². The molecule has 0 atom stereocenters. The number of benzene rings is 1. The quantitative estimate of drug-likeness (QED) is 0.511. The van der Waals surface area contributed by atoms with Gasteiger partial charge in [0.25, 0.3) is 5.91 Å². The number of hydrogen-bond acceptors (Lipinski definition) is 3. The molecule has 2 aliphatic carbocycles. The molecule has 0 radical (unpaired) electrons. The van der Waals surface area contributed by atoms with E-state index in [0.717, 1.165) is 38.5 Å². The van der Waals surface area contributed by atoms with Gasteiger partial charge >= 0.3 is 12.4 Å². The number of carbonyl (C=O) groups excluding carboxylic acids is 2. The first-order valence-electron chi connectivity index (χ1n) is 11.9. The second-order valence-electron chi connectivity index (χ2n) is 9.56. The van der Waals surface area contributed by atoms with Crippen LogP contribution in [0.1, 0.15) is 72.9 Å². The third-order valence-electron chi connectivity index (χ3n) is 7.01. The summed E-state index contributed by atoms with van der Waals surface area (Å²) >= 11 is 0. The van der Waals surface area contributed by atoms with Gasteiger partial charge in [-0.3, -0.25) is 9.59 Å². The van der Waals surface area contributed by atoms with E-state index in [1.807, 2.05) is 11.9 Å². The summed E-state index contributed by atoms with van der Waals surface area (Å²) in [5.74, 6) is -0.626. The van der Waals surface area contributed by atoms with E-state index in [1.165, 1.54) is 0 Å². The van der Waals surface area contributed by atoms with Gasteiger partial charge in [0.05, 0.1) is 17.7 Å². The standard InChI is InChI=1S/C24H31F6N3O2/c1-33(20-4-2-3-5-20)21(34)14-31-13-15-6-8-19(9-7-15)32-22(35)16-10-17(23(25,26)27)12-18(11-16)24(28,29)30/h10-12,15,19-20,31H,2-9,13-14H2,1H3,(H,32,35). The van der Waals surface area contributed by atoms with Crippen molar-refractivity contribution in [2.24, 2.45) is 5.92 Å². The molecule has 11 heteroatoms. The van der Waals surface area contributed by atoms with Crippen LogP contribution in [0.4, 0.5) is 26.3 Å². The minimum Gasteiger partial charge on any atom is -0.349 e. The van der Waals surface area contributed by atoms with Crippen LogP contribution in [0, 0.1) is 5.92 Å². The molecule has 2 aliphatic rings. The minimum absolute atomic E-state index is 0.00521. The third kappa shape index (κ3) is 7.59. The van der Waals surface area contributed by atoms with E-state index in [0.29, 0.717) is 37.6 Å². The Hall–Kier alpha value is -2.30. The smallest absolute Gasteiger partial charge is 0.349 e. The average molecular weight is 508 g/mol. The summed E-state index contributed by atoms with van der Waals surface area (Å²) in [6, 6.07) is 0.871. The van der Waals surface area contributed by atoms with Gasteiger partial charge in [-0.05, 0) is 69.2 Å². The van der Waals surface area contributed by atoms with Crippen molar-refractivity contribution in [3.05, 3.63) is 34.9 Å². The van der Waals surface area contributed by atoms with E-state index in [1.54, 1.807) is 0 Å². The lowest BCUT2D eigenvalue weighted by Gasteiger charge is -2.30. The van der Waals surface area contributed by atoms with Crippen LogP contribution < -0.4 is 10.6 Å². The molecule has 0 aliphatic heterocycles. The molecule has 0 aromatic heterocycles. The molecule has 196 valence electrons. The molecule has 35 heavy (non-hydrogen) atoms. The van der Waals surface area contributed by atoms with E-state index < -0.39 is 35.0 Å². The summed E-state index contributed by atoms with van der Waals surface area (Å²) in [6.07, 6.45) is -3.09. The van der Waals surface area contributed by atoms with Crippen molar-refractivity contribution in [1.29, 1.82) is 0 Å². The number of rotatable bonds is 7. The Bertz CT molecular complexity index is 856. The second kappa shape index (κ2) is 11.2. The molecule has 2 N–H and O–H groups in total. The van der Waals surface area contributed by atoms with Crippen LogP contribution in [0.25, 0.3) is 0 Å².